The normalized spacial score (nSPS) is 19.1. The van der Waals surface area contributed by atoms with Crippen molar-refractivity contribution in [2.75, 3.05) is 6.54 Å². The predicted octanol–water partition coefficient (Wildman–Crippen LogP) is 7.98. The van der Waals surface area contributed by atoms with Crippen LogP contribution < -0.4 is 0 Å². The number of allylic oxidation sites excluding steroid dienone is 4. The molecule has 0 N–H and O–H groups in total. The van der Waals surface area contributed by atoms with Gasteiger partial charge < -0.3 is 4.90 Å². The Hall–Kier alpha value is -1.57. The molecule has 0 fully saturated rings. The van der Waals surface area contributed by atoms with Gasteiger partial charge in [-0.2, -0.15) is 0 Å². The number of benzene rings is 1. The van der Waals surface area contributed by atoms with E-state index in [9.17, 15) is 4.39 Å². The van der Waals surface area contributed by atoms with Gasteiger partial charge in [0.05, 0.1) is 0 Å². The van der Waals surface area contributed by atoms with E-state index in [0.29, 0.717) is 6.04 Å². The van der Waals surface area contributed by atoms with E-state index in [1.54, 1.807) is 12.1 Å². The van der Waals surface area contributed by atoms with E-state index in [-0.39, 0.29) is 5.82 Å². The summed E-state index contributed by atoms with van der Waals surface area (Å²) in [4.78, 5) is 2.67. The molecule has 0 amide bonds. The van der Waals surface area contributed by atoms with Gasteiger partial charge in [-0.25, -0.2) is 4.39 Å². The van der Waals surface area contributed by atoms with Crippen molar-refractivity contribution in [2.24, 2.45) is 5.92 Å². The number of halogens is 1. The summed E-state index contributed by atoms with van der Waals surface area (Å²) in [5.41, 5.74) is 5.23. The van der Waals surface area contributed by atoms with Crippen LogP contribution in [0.15, 0.2) is 41.6 Å². The van der Waals surface area contributed by atoms with Crippen LogP contribution in [0.4, 0.5) is 4.39 Å². The minimum absolute atomic E-state index is 0.171. The third-order valence-corrected chi connectivity index (χ3v) is 6.24. The molecule has 2 heteroatoms. The van der Waals surface area contributed by atoms with Crippen molar-refractivity contribution in [1.29, 1.82) is 0 Å². The lowest BCUT2D eigenvalue weighted by molar-refractivity contribution is 0.225. The first kappa shape index (κ1) is 22.7. The van der Waals surface area contributed by atoms with Crippen LogP contribution in [0.1, 0.15) is 91.5 Å². The molecule has 1 heterocycles. The summed E-state index contributed by atoms with van der Waals surface area (Å²) in [6.07, 6.45) is 12.5. The van der Waals surface area contributed by atoms with Gasteiger partial charge in [0, 0.05) is 18.3 Å². The summed E-state index contributed by atoms with van der Waals surface area (Å²) in [6, 6.07) is 7.47. The minimum atomic E-state index is -0.171. The number of hydrogen-bond donors (Lipinski definition) is 0. The van der Waals surface area contributed by atoms with E-state index in [1.807, 2.05) is 12.1 Å². The van der Waals surface area contributed by atoms with E-state index in [2.05, 4.69) is 45.6 Å². The maximum Gasteiger partial charge on any atom is 0.123 e. The highest BCUT2D eigenvalue weighted by atomic mass is 19.1. The van der Waals surface area contributed by atoms with Crippen molar-refractivity contribution < 1.29 is 4.39 Å². The summed E-state index contributed by atoms with van der Waals surface area (Å²) in [5.74, 6) is 0.607. The third kappa shape index (κ3) is 6.79. The zero-order valence-electron chi connectivity index (χ0n) is 18.7. The lowest BCUT2D eigenvalue weighted by atomic mass is 9.95. The number of nitrogens with zero attached hydrogens (tertiary/aromatic N) is 1. The van der Waals surface area contributed by atoms with Gasteiger partial charge in [-0.15, -0.1) is 0 Å². The van der Waals surface area contributed by atoms with Gasteiger partial charge in [-0.1, -0.05) is 57.7 Å². The Balaban J connectivity index is 2.29. The summed E-state index contributed by atoms with van der Waals surface area (Å²) < 4.78 is 13.3. The van der Waals surface area contributed by atoms with Gasteiger partial charge in [-0.05, 0) is 81.2 Å². The topological polar surface area (TPSA) is 3.24 Å². The molecule has 2 atom stereocenters. The average Bonchev–Trinajstić information content (AvgIpc) is 2.74. The number of rotatable bonds is 7. The average molecular weight is 386 g/mol. The third-order valence-electron chi connectivity index (χ3n) is 6.24. The van der Waals surface area contributed by atoms with Crippen molar-refractivity contribution in [3.05, 3.63) is 53.0 Å². The lowest BCUT2D eigenvalue weighted by Gasteiger charge is -2.35. The van der Waals surface area contributed by atoms with Gasteiger partial charge >= 0.3 is 0 Å². The van der Waals surface area contributed by atoms with E-state index >= 15 is 0 Å². The van der Waals surface area contributed by atoms with Crippen LogP contribution in [0.5, 0.6) is 0 Å². The molecule has 1 aromatic carbocycles. The fourth-order valence-corrected chi connectivity index (χ4v) is 4.59. The highest BCUT2D eigenvalue weighted by molar-refractivity contribution is 5.66. The fraction of sp³-hybridized carbons (Fsp3) is 0.615. The Labute approximate surface area is 172 Å². The standard InChI is InChI=1S/C26H40FN/c1-6-11-20(2)18-22(4)28-17-10-8-7-9-12-25(23(28)5)19-21(3)24-13-15-26(27)16-14-24/h13-16,19-20,22H,6-12,17-18H2,1-5H3/b21-19+,25-23?. The quantitative estimate of drug-likeness (QED) is 0.460. The molecule has 1 aromatic rings. The minimum Gasteiger partial charge on any atom is -0.372 e. The Morgan fingerprint density at radius 3 is 2.46 bits per heavy atom. The Bertz CT molecular complexity index is 656. The molecule has 1 aliphatic heterocycles. The molecule has 1 aliphatic rings. The van der Waals surface area contributed by atoms with Crippen molar-refractivity contribution in [3.8, 4) is 0 Å². The molecule has 0 radical (unpaired) electrons. The summed E-state index contributed by atoms with van der Waals surface area (Å²) in [6.45, 7) is 12.7. The van der Waals surface area contributed by atoms with E-state index in [4.69, 9.17) is 0 Å². The number of hydrogen-bond acceptors (Lipinski definition) is 1. The monoisotopic (exact) mass is 385 g/mol. The Morgan fingerprint density at radius 2 is 1.79 bits per heavy atom. The lowest BCUT2D eigenvalue weighted by Crippen LogP contribution is -2.34. The molecule has 0 spiro atoms. The molecule has 2 rings (SSSR count). The maximum atomic E-state index is 13.3. The molecule has 1 nitrogen and oxygen atoms in total. The zero-order valence-corrected chi connectivity index (χ0v) is 18.7. The zero-order chi connectivity index (χ0) is 20.5. The van der Waals surface area contributed by atoms with Crippen LogP contribution in [0.25, 0.3) is 5.57 Å². The molecule has 0 saturated carbocycles. The van der Waals surface area contributed by atoms with Crippen molar-refractivity contribution in [3.63, 3.8) is 0 Å². The van der Waals surface area contributed by atoms with Gasteiger partial charge in [0.15, 0.2) is 0 Å². The van der Waals surface area contributed by atoms with Crippen molar-refractivity contribution >= 4 is 5.57 Å². The first-order valence-electron chi connectivity index (χ1n) is 11.3. The van der Waals surface area contributed by atoms with Crippen molar-refractivity contribution in [2.45, 2.75) is 92.0 Å². The van der Waals surface area contributed by atoms with Crippen LogP contribution in [-0.4, -0.2) is 17.5 Å². The van der Waals surface area contributed by atoms with Crippen LogP contribution in [0.3, 0.4) is 0 Å². The second-order valence-corrected chi connectivity index (χ2v) is 8.78. The summed E-state index contributed by atoms with van der Waals surface area (Å²) in [5, 5.41) is 0. The van der Waals surface area contributed by atoms with Gasteiger partial charge in [0.1, 0.15) is 5.82 Å². The van der Waals surface area contributed by atoms with Crippen LogP contribution in [0, 0.1) is 11.7 Å². The first-order valence-corrected chi connectivity index (χ1v) is 11.3. The van der Waals surface area contributed by atoms with Crippen LogP contribution >= 0.6 is 0 Å². The van der Waals surface area contributed by atoms with Gasteiger partial charge in [0.2, 0.25) is 0 Å². The van der Waals surface area contributed by atoms with E-state index in [0.717, 1.165) is 17.9 Å². The summed E-state index contributed by atoms with van der Waals surface area (Å²) in [7, 11) is 0. The van der Waals surface area contributed by atoms with Crippen molar-refractivity contribution in [1.82, 2.24) is 4.90 Å². The van der Waals surface area contributed by atoms with Crippen LogP contribution in [0.2, 0.25) is 0 Å². The molecule has 0 saturated heterocycles. The molecular formula is C26H40FN. The van der Waals surface area contributed by atoms with E-state index < -0.39 is 0 Å². The molecule has 156 valence electrons. The van der Waals surface area contributed by atoms with Gasteiger partial charge in [-0.3, -0.25) is 0 Å². The Morgan fingerprint density at radius 1 is 1.11 bits per heavy atom. The van der Waals surface area contributed by atoms with Gasteiger partial charge in [0.25, 0.3) is 0 Å². The Kier molecular flexibility index (Phi) is 9.28. The molecule has 0 aromatic heterocycles. The molecule has 28 heavy (non-hydrogen) atoms. The second kappa shape index (κ2) is 11.4. The first-order chi connectivity index (χ1) is 13.4. The SMILES string of the molecule is CCCC(C)CC(C)N1CCCCCCC(/C=C(\C)c2ccc(F)cc2)=C1C. The molecule has 0 bridgehead atoms. The van der Waals surface area contributed by atoms with Crippen LogP contribution in [-0.2, 0) is 0 Å². The molecule has 0 aliphatic carbocycles. The fourth-order valence-electron chi connectivity index (χ4n) is 4.59. The maximum absolute atomic E-state index is 13.3. The highest BCUT2D eigenvalue weighted by Crippen LogP contribution is 2.28. The largest absolute Gasteiger partial charge is 0.372 e. The highest BCUT2D eigenvalue weighted by Gasteiger charge is 2.19. The smallest absolute Gasteiger partial charge is 0.123 e. The predicted molar refractivity (Wildman–Crippen MR) is 121 cm³/mol. The molecule has 2 unspecified atom stereocenters. The molecular weight excluding hydrogens is 345 g/mol. The second-order valence-electron chi connectivity index (χ2n) is 8.78. The van der Waals surface area contributed by atoms with E-state index in [1.165, 1.54) is 68.3 Å². The summed E-state index contributed by atoms with van der Waals surface area (Å²) >= 11 is 0.